The molecule has 0 aromatic heterocycles. The van der Waals surface area contributed by atoms with Gasteiger partial charge in [0.05, 0.1) is 19.3 Å². The van der Waals surface area contributed by atoms with E-state index in [0.717, 1.165) is 17.1 Å². The molecule has 1 heterocycles. The molecule has 0 spiro atoms. The molecule has 1 aliphatic heterocycles. The number of aliphatic hydroxyl groups excluding tert-OH is 1. The lowest BCUT2D eigenvalue weighted by molar-refractivity contribution is -0.146. The van der Waals surface area contributed by atoms with Crippen LogP contribution in [0, 0.1) is 0 Å². The normalized spacial score (nSPS) is 18.3. The van der Waals surface area contributed by atoms with Crippen molar-refractivity contribution in [2.24, 2.45) is 0 Å². The number of carbonyl (C=O) groups excluding carboxylic acids is 1. The van der Waals surface area contributed by atoms with Gasteiger partial charge in [-0.05, 0) is 37.0 Å². The molecule has 0 aliphatic carbocycles. The van der Waals surface area contributed by atoms with Crippen LogP contribution in [0.25, 0.3) is 0 Å². The Balaban J connectivity index is 2.07. The van der Waals surface area contributed by atoms with Crippen LogP contribution in [-0.4, -0.2) is 60.4 Å². The predicted octanol–water partition coefficient (Wildman–Crippen LogP) is 5.47. The van der Waals surface area contributed by atoms with Gasteiger partial charge in [-0.1, -0.05) is 51.1 Å². The lowest BCUT2D eigenvalue weighted by Gasteiger charge is -2.41. The lowest BCUT2D eigenvalue weighted by Crippen LogP contribution is -2.48. The van der Waals surface area contributed by atoms with E-state index >= 15 is 0 Å². The van der Waals surface area contributed by atoms with E-state index < -0.39 is 18.5 Å². The minimum atomic E-state index is -2.06. The standard InChI is InChI=1S/C24H40O5S2Si/c1-7-28-22(26)24(30-15-16-31-24)21(25)17-20(29-32(5,6)23(2,3)4)13-14-27-18-19-11-9-8-10-12-19/h8-12,20-21,25H,7,13-18H2,1-6H3/t20-,21+/m0/s1. The molecule has 1 saturated heterocycles. The summed E-state index contributed by atoms with van der Waals surface area (Å²) in [5.41, 5.74) is 1.13. The summed E-state index contributed by atoms with van der Waals surface area (Å²) in [7, 11) is -2.06. The average Bonchev–Trinajstić information content (AvgIpc) is 3.22. The molecule has 0 saturated carbocycles. The zero-order valence-corrected chi connectivity index (χ0v) is 23.0. The highest BCUT2D eigenvalue weighted by molar-refractivity contribution is 8.22. The number of rotatable bonds is 12. The van der Waals surface area contributed by atoms with Gasteiger partial charge in [-0.25, -0.2) is 4.79 Å². The number of hydrogen-bond acceptors (Lipinski definition) is 7. The van der Waals surface area contributed by atoms with Gasteiger partial charge in [0.2, 0.25) is 0 Å². The van der Waals surface area contributed by atoms with Gasteiger partial charge in [0, 0.05) is 30.6 Å². The first-order valence-electron chi connectivity index (χ1n) is 11.4. The average molecular weight is 501 g/mol. The Morgan fingerprint density at radius 3 is 2.38 bits per heavy atom. The molecule has 32 heavy (non-hydrogen) atoms. The van der Waals surface area contributed by atoms with Crippen molar-refractivity contribution >= 4 is 37.8 Å². The lowest BCUT2D eigenvalue weighted by atomic mass is 10.1. The summed E-state index contributed by atoms with van der Waals surface area (Å²) < 4.78 is 17.0. The van der Waals surface area contributed by atoms with E-state index in [-0.39, 0.29) is 17.1 Å². The highest BCUT2D eigenvalue weighted by Gasteiger charge is 2.51. The highest BCUT2D eigenvalue weighted by Crippen LogP contribution is 2.49. The van der Waals surface area contributed by atoms with Crippen LogP contribution in [-0.2, 0) is 25.3 Å². The van der Waals surface area contributed by atoms with Crippen molar-refractivity contribution in [2.45, 2.75) is 81.6 Å². The van der Waals surface area contributed by atoms with Crippen molar-refractivity contribution in [2.75, 3.05) is 24.7 Å². The quantitative estimate of drug-likeness (QED) is 0.232. The number of carbonyl (C=O) groups is 1. The van der Waals surface area contributed by atoms with Gasteiger partial charge in [-0.3, -0.25) is 0 Å². The van der Waals surface area contributed by atoms with E-state index in [0.29, 0.717) is 32.7 Å². The molecule has 2 rings (SSSR count). The Morgan fingerprint density at radius 2 is 1.81 bits per heavy atom. The van der Waals surface area contributed by atoms with E-state index in [9.17, 15) is 9.90 Å². The molecule has 1 aliphatic rings. The van der Waals surface area contributed by atoms with Crippen LogP contribution in [0.3, 0.4) is 0 Å². The van der Waals surface area contributed by atoms with Crippen LogP contribution in [0.2, 0.25) is 18.1 Å². The monoisotopic (exact) mass is 500 g/mol. The summed E-state index contributed by atoms with van der Waals surface area (Å²) in [4.78, 5) is 12.8. The van der Waals surface area contributed by atoms with Crippen LogP contribution >= 0.6 is 23.5 Å². The van der Waals surface area contributed by atoms with Gasteiger partial charge in [-0.2, -0.15) is 0 Å². The van der Waals surface area contributed by atoms with Gasteiger partial charge in [0.25, 0.3) is 0 Å². The Morgan fingerprint density at radius 1 is 1.19 bits per heavy atom. The molecule has 0 radical (unpaired) electrons. The first-order chi connectivity index (χ1) is 15.0. The molecule has 182 valence electrons. The third-order valence-corrected chi connectivity index (χ3v) is 14.2. The van der Waals surface area contributed by atoms with Crippen molar-refractivity contribution < 1.29 is 23.8 Å². The fourth-order valence-corrected chi connectivity index (χ4v) is 7.75. The molecule has 1 aromatic rings. The van der Waals surface area contributed by atoms with Gasteiger partial charge in [0.15, 0.2) is 12.4 Å². The van der Waals surface area contributed by atoms with Crippen LogP contribution in [0.15, 0.2) is 30.3 Å². The summed E-state index contributed by atoms with van der Waals surface area (Å²) in [5.74, 6) is 1.33. The largest absolute Gasteiger partial charge is 0.464 e. The first kappa shape index (κ1) is 27.7. The van der Waals surface area contributed by atoms with Gasteiger partial charge in [0.1, 0.15) is 0 Å². The van der Waals surface area contributed by atoms with E-state index in [2.05, 4.69) is 33.9 Å². The Labute approximate surface area is 203 Å². The second-order valence-electron chi connectivity index (χ2n) is 9.66. The highest BCUT2D eigenvalue weighted by atomic mass is 32.2. The molecular weight excluding hydrogens is 460 g/mol. The second-order valence-corrected chi connectivity index (χ2v) is 17.4. The van der Waals surface area contributed by atoms with E-state index in [1.165, 1.54) is 23.5 Å². The van der Waals surface area contributed by atoms with Crippen LogP contribution < -0.4 is 0 Å². The number of ether oxygens (including phenoxy) is 2. The minimum Gasteiger partial charge on any atom is -0.464 e. The molecule has 0 unspecified atom stereocenters. The van der Waals surface area contributed by atoms with Gasteiger partial charge < -0.3 is 19.0 Å². The fourth-order valence-electron chi connectivity index (χ4n) is 3.31. The summed E-state index contributed by atoms with van der Waals surface area (Å²) >= 11 is 3.00. The number of thioether (sulfide) groups is 2. The molecule has 0 amide bonds. The van der Waals surface area contributed by atoms with Crippen molar-refractivity contribution in [3.05, 3.63) is 35.9 Å². The summed E-state index contributed by atoms with van der Waals surface area (Å²) in [6.45, 7) is 14.3. The second kappa shape index (κ2) is 12.3. The third kappa shape index (κ3) is 7.50. The summed E-state index contributed by atoms with van der Waals surface area (Å²) in [6.07, 6.45) is 0.0303. The maximum absolute atomic E-state index is 12.8. The van der Waals surface area contributed by atoms with E-state index in [4.69, 9.17) is 13.9 Å². The summed E-state index contributed by atoms with van der Waals surface area (Å²) in [6, 6.07) is 10.1. The van der Waals surface area contributed by atoms with Crippen molar-refractivity contribution in [3.63, 3.8) is 0 Å². The van der Waals surface area contributed by atoms with Crippen LogP contribution in [0.5, 0.6) is 0 Å². The van der Waals surface area contributed by atoms with Crippen LogP contribution in [0.1, 0.15) is 46.1 Å². The maximum atomic E-state index is 12.8. The SMILES string of the molecule is CCOC(=O)C1([C@H](O)C[C@H](CCOCc2ccccc2)O[Si](C)(C)C(C)(C)C)SCCS1. The molecule has 1 aromatic carbocycles. The fraction of sp³-hybridized carbons (Fsp3) is 0.708. The maximum Gasteiger partial charge on any atom is 0.335 e. The minimum absolute atomic E-state index is 0.0524. The van der Waals surface area contributed by atoms with Gasteiger partial charge in [-0.15, -0.1) is 23.5 Å². The molecule has 8 heteroatoms. The van der Waals surface area contributed by atoms with E-state index in [1.807, 2.05) is 30.3 Å². The zero-order chi connectivity index (χ0) is 23.8. The zero-order valence-electron chi connectivity index (χ0n) is 20.4. The van der Waals surface area contributed by atoms with Gasteiger partial charge >= 0.3 is 5.97 Å². The van der Waals surface area contributed by atoms with Crippen LogP contribution in [0.4, 0.5) is 0 Å². The molecule has 1 fully saturated rings. The van der Waals surface area contributed by atoms with Crippen molar-refractivity contribution in [1.82, 2.24) is 0 Å². The number of aliphatic hydroxyl groups is 1. The Bertz CT molecular complexity index is 702. The molecular formula is C24H40O5S2Si. The van der Waals surface area contributed by atoms with Crippen molar-refractivity contribution in [3.8, 4) is 0 Å². The molecule has 2 atom stereocenters. The molecule has 1 N–H and O–H groups in total. The molecule has 0 bridgehead atoms. The third-order valence-electron chi connectivity index (χ3n) is 6.16. The van der Waals surface area contributed by atoms with Crippen molar-refractivity contribution in [1.29, 1.82) is 0 Å². The first-order valence-corrected chi connectivity index (χ1v) is 16.3. The number of benzene rings is 1. The number of esters is 1. The number of hydrogen-bond donors (Lipinski definition) is 1. The smallest absolute Gasteiger partial charge is 0.335 e. The Kier molecular flexibility index (Phi) is 10.6. The predicted molar refractivity (Wildman–Crippen MR) is 138 cm³/mol. The Hall–Kier alpha value is -0.513. The topological polar surface area (TPSA) is 65.0 Å². The summed E-state index contributed by atoms with van der Waals surface area (Å²) in [5, 5.41) is 11.3. The van der Waals surface area contributed by atoms with E-state index in [1.54, 1.807) is 6.92 Å². The molecule has 5 nitrogen and oxygen atoms in total.